The Bertz CT molecular complexity index is 510. The molecule has 1 atom stereocenters. The van der Waals surface area contributed by atoms with Crippen LogP contribution in [0.25, 0.3) is 0 Å². The van der Waals surface area contributed by atoms with Crippen molar-refractivity contribution < 1.29 is 4.74 Å². The molecule has 0 aliphatic carbocycles. The molecular formula is C15H14BrClO. The third kappa shape index (κ3) is 3.50. The van der Waals surface area contributed by atoms with Crippen molar-refractivity contribution in [2.75, 3.05) is 0 Å². The van der Waals surface area contributed by atoms with Crippen LogP contribution in [0, 0.1) is 0 Å². The first-order valence-corrected chi connectivity index (χ1v) is 7.04. The lowest BCUT2D eigenvalue weighted by Gasteiger charge is -2.18. The van der Waals surface area contributed by atoms with E-state index in [1.165, 1.54) is 5.56 Å². The summed E-state index contributed by atoms with van der Waals surface area (Å²) in [7, 11) is 0. The molecule has 1 nitrogen and oxygen atoms in total. The Morgan fingerprint density at radius 3 is 2.50 bits per heavy atom. The van der Waals surface area contributed by atoms with Gasteiger partial charge in [0.05, 0.1) is 0 Å². The van der Waals surface area contributed by atoms with E-state index in [4.69, 9.17) is 16.3 Å². The van der Waals surface area contributed by atoms with E-state index in [0.717, 1.165) is 16.6 Å². The van der Waals surface area contributed by atoms with Gasteiger partial charge in [-0.3, -0.25) is 0 Å². The minimum absolute atomic E-state index is 0.0524. The predicted molar refractivity (Wildman–Crippen MR) is 79.3 cm³/mol. The van der Waals surface area contributed by atoms with Gasteiger partial charge in [-0.25, -0.2) is 0 Å². The van der Waals surface area contributed by atoms with E-state index in [-0.39, 0.29) is 6.10 Å². The van der Waals surface area contributed by atoms with Crippen LogP contribution in [0.2, 0.25) is 5.02 Å². The van der Waals surface area contributed by atoms with Crippen molar-refractivity contribution in [3.63, 3.8) is 0 Å². The fourth-order valence-electron chi connectivity index (χ4n) is 1.77. The Kier molecular flexibility index (Phi) is 4.67. The maximum absolute atomic E-state index is 5.97. The number of ether oxygens (including phenoxy) is 1. The molecular weight excluding hydrogens is 312 g/mol. The SMILES string of the molecule is CCC(Oc1cccc(Cl)c1)c1ccc(Br)cc1. The van der Waals surface area contributed by atoms with Gasteiger partial charge in [0.1, 0.15) is 11.9 Å². The topological polar surface area (TPSA) is 9.23 Å². The van der Waals surface area contributed by atoms with Gasteiger partial charge in [-0.15, -0.1) is 0 Å². The van der Waals surface area contributed by atoms with E-state index in [1.54, 1.807) is 0 Å². The molecule has 2 rings (SSSR count). The summed E-state index contributed by atoms with van der Waals surface area (Å²) in [5.74, 6) is 0.803. The molecule has 0 fully saturated rings. The number of halogens is 2. The Labute approximate surface area is 121 Å². The first-order valence-electron chi connectivity index (χ1n) is 5.86. The number of benzene rings is 2. The van der Waals surface area contributed by atoms with Gasteiger partial charge in [0.2, 0.25) is 0 Å². The third-order valence-electron chi connectivity index (χ3n) is 2.69. The molecule has 1 unspecified atom stereocenters. The molecule has 18 heavy (non-hydrogen) atoms. The van der Waals surface area contributed by atoms with Crippen LogP contribution in [0.5, 0.6) is 5.75 Å². The van der Waals surface area contributed by atoms with Gasteiger partial charge in [0.15, 0.2) is 0 Å². The van der Waals surface area contributed by atoms with Gasteiger partial charge in [-0.05, 0) is 42.3 Å². The average Bonchev–Trinajstić information content (AvgIpc) is 2.37. The molecule has 0 spiro atoms. The summed E-state index contributed by atoms with van der Waals surface area (Å²) in [6.07, 6.45) is 0.963. The minimum Gasteiger partial charge on any atom is -0.486 e. The molecule has 0 heterocycles. The minimum atomic E-state index is 0.0524. The smallest absolute Gasteiger partial charge is 0.123 e. The fraction of sp³-hybridized carbons (Fsp3) is 0.200. The first kappa shape index (κ1) is 13.4. The normalized spacial score (nSPS) is 12.2. The van der Waals surface area contributed by atoms with Gasteiger partial charge in [-0.1, -0.05) is 52.7 Å². The van der Waals surface area contributed by atoms with Crippen LogP contribution in [-0.4, -0.2) is 0 Å². The lowest BCUT2D eigenvalue weighted by molar-refractivity contribution is 0.201. The molecule has 2 aromatic rings. The van der Waals surface area contributed by atoms with Crippen molar-refractivity contribution >= 4 is 27.5 Å². The summed E-state index contributed by atoms with van der Waals surface area (Å²) < 4.78 is 7.04. The molecule has 0 saturated heterocycles. The van der Waals surface area contributed by atoms with Gasteiger partial charge >= 0.3 is 0 Å². The van der Waals surface area contributed by atoms with E-state index >= 15 is 0 Å². The highest BCUT2D eigenvalue weighted by Crippen LogP contribution is 2.27. The van der Waals surface area contributed by atoms with Crippen molar-refractivity contribution in [1.29, 1.82) is 0 Å². The highest BCUT2D eigenvalue weighted by molar-refractivity contribution is 9.10. The molecule has 0 aliphatic rings. The highest BCUT2D eigenvalue weighted by Gasteiger charge is 2.11. The molecule has 94 valence electrons. The van der Waals surface area contributed by atoms with Crippen LogP contribution in [0.4, 0.5) is 0 Å². The average molecular weight is 326 g/mol. The van der Waals surface area contributed by atoms with Crippen LogP contribution >= 0.6 is 27.5 Å². The largest absolute Gasteiger partial charge is 0.486 e. The zero-order valence-corrected chi connectivity index (χ0v) is 12.4. The van der Waals surface area contributed by atoms with E-state index in [0.29, 0.717) is 5.02 Å². The fourth-order valence-corrected chi connectivity index (χ4v) is 2.21. The number of rotatable bonds is 4. The molecule has 3 heteroatoms. The Morgan fingerprint density at radius 1 is 1.17 bits per heavy atom. The second-order valence-corrected chi connectivity index (χ2v) is 5.38. The highest BCUT2D eigenvalue weighted by atomic mass is 79.9. The number of hydrogen-bond donors (Lipinski definition) is 0. The van der Waals surface area contributed by atoms with Crippen molar-refractivity contribution in [3.8, 4) is 5.75 Å². The van der Waals surface area contributed by atoms with Crippen LogP contribution in [0.3, 0.4) is 0 Å². The Hall–Kier alpha value is -0.990. The molecule has 0 amide bonds. The molecule has 0 aromatic heterocycles. The van der Waals surface area contributed by atoms with Crippen LogP contribution < -0.4 is 4.74 Å². The van der Waals surface area contributed by atoms with Crippen LogP contribution in [0.1, 0.15) is 25.0 Å². The summed E-state index contributed by atoms with van der Waals surface area (Å²) in [6, 6.07) is 15.7. The van der Waals surface area contributed by atoms with Crippen LogP contribution in [-0.2, 0) is 0 Å². The predicted octanol–water partition coefficient (Wildman–Crippen LogP) is 5.63. The maximum Gasteiger partial charge on any atom is 0.123 e. The van der Waals surface area contributed by atoms with Gasteiger partial charge < -0.3 is 4.74 Å². The van der Waals surface area contributed by atoms with Crippen LogP contribution in [0.15, 0.2) is 53.0 Å². The zero-order valence-electron chi connectivity index (χ0n) is 10.1. The Morgan fingerprint density at radius 2 is 1.89 bits per heavy atom. The summed E-state index contributed by atoms with van der Waals surface area (Å²) in [5, 5.41) is 0.693. The van der Waals surface area contributed by atoms with Crippen molar-refractivity contribution in [2.24, 2.45) is 0 Å². The molecule has 0 radical (unpaired) electrons. The zero-order chi connectivity index (χ0) is 13.0. The summed E-state index contributed by atoms with van der Waals surface area (Å²) in [4.78, 5) is 0. The summed E-state index contributed by atoms with van der Waals surface area (Å²) in [5.41, 5.74) is 1.17. The van der Waals surface area contributed by atoms with E-state index < -0.39 is 0 Å². The molecule has 0 N–H and O–H groups in total. The third-order valence-corrected chi connectivity index (χ3v) is 3.45. The molecule has 2 aromatic carbocycles. The van der Waals surface area contributed by atoms with Gasteiger partial charge in [0.25, 0.3) is 0 Å². The van der Waals surface area contributed by atoms with E-state index in [9.17, 15) is 0 Å². The summed E-state index contributed by atoms with van der Waals surface area (Å²) >= 11 is 9.39. The van der Waals surface area contributed by atoms with E-state index in [1.807, 2.05) is 36.4 Å². The van der Waals surface area contributed by atoms with E-state index in [2.05, 4.69) is 35.0 Å². The second kappa shape index (κ2) is 6.26. The second-order valence-electron chi connectivity index (χ2n) is 4.02. The monoisotopic (exact) mass is 324 g/mol. The molecule has 0 aliphatic heterocycles. The molecule has 0 saturated carbocycles. The lowest BCUT2D eigenvalue weighted by atomic mass is 10.1. The van der Waals surface area contributed by atoms with Crippen molar-refractivity contribution in [3.05, 3.63) is 63.6 Å². The lowest BCUT2D eigenvalue weighted by Crippen LogP contribution is -2.06. The quantitative estimate of drug-likeness (QED) is 0.707. The van der Waals surface area contributed by atoms with Crippen molar-refractivity contribution in [1.82, 2.24) is 0 Å². The van der Waals surface area contributed by atoms with Gasteiger partial charge in [-0.2, -0.15) is 0 Å². The maximum atomic E-state index is 5.97. The van der Waals surface area contributed by atoms with Crippen molar-refractivity contribution in [2.45, 2.75) is 19.4 Å². The number of hydrogen-bond acceptors (Lipinski definition) is 1. The summed E-state index contributed by atoms with van der Waals surface area (Å²) in [6.45, 7) is 2.11. The first-order chi connectivity index (χ1) is 8.69. The molecule has 0 bridgehead atoms. The Balaban J connectivity index is 2.17. The standard InChI is InChI=1S/C15H14BrClO/c1-2-15(11-6-8-12(16)9-7-11)18-14-5-3-4-13(17)10-14/h3-10,15H,2H2,1H3. The van der Waals surface area contributed by atoms with Gasteiger partial charge in [0, 0.05) is 9.50 Å².